The fourth-order valence-electron chi connectivity index (χ4n) is 2.62. The number of methoxy groups -OCH3 is 1. The van der Waals surface area contributed by atoms with E-state index in [0.717, 1.165) is 5.56 Å². The number of ether oxygens (including phenoxy) is 1. The maximum atomic E-state index is 12.3. The lowest BCUT2D eigenvalue weighted by Crippen LogP contribution is -1.94. The van der Waals surface area contributed by atoms with Crippen LogP contribution in [0.3, 0.4) is 0 Å². The van der Waals surface area contributed by atoms with E-state index in [-0.39, 0.29) is 17.3 Å². The molecule has 134 valence electrons. The van der Waals surface area contributed by atoms with Gasteiger partial charge in [0.25, 0.3) is 0 Å². The Kier molecular flexibility index (Phi) is 4.39. The van der Waals surface area contributed by atoms with Gasteiger partial charge in [0.05, 0.1) is 12.6 Å². The molecule has 4 rings (SSSR count). The van der Waals surface area contributed by atoms with Gasteiger partial charge in [0.2, 0.25) is 5.88 Å². The zero-order valence-corrected chi connectivity index (χ0v) is 15.0. The molecule has 2 aromatic carbocycles. The first-order valence-corrected chi connectivity index (χ1v) is 8.89. The van der Waals surface area contributed by atoms with Gasteiger partial charge in [-0.1, -0.05) is 30.3 Å². The Bertz CT molecular complexity index is 1160. The van der Waals surface area contributed by atoms with Crippen molar-refractivity contribution in [2.24, 2.45) is 10.2 Å². The van der Waals surface area contributed by atoms with E-state index in [0.29, 0.717) is 21.7 Å². The van der Waals surface area contributed by atoms with E-state index in [1.165, 1.54) is 11.3 Å². The van der Waals surface area contributed by atoms with Crippen LogP contribution >= 0.6 is 11.3 Å². The smallest absolute Gasteiger partial charge is 0.314 e. The van der Waals surface area contributed by atoms with Crippen molar-refractivity contribution in [2.45, 2.75) is 0 Å². The Balaban J connectivity index is 1.59. The van der Waals surface area contributed by atoms with E-state index < -0.39 is 5.91 Å². The highest BCUT2D eigenvalue weighted by atomic mass is 32.1. The molecule has 0 aliphatic rings. The highest BCUT2D eigenvalue weighted by molar-refractivity contribution is 7.13. The number of H-pyrrole nitrogens is 1. The molecule has 0 aliphatic heterocycles. The van der Waals surface area contributed by atoms with Gasteiger partial charge in [-0.3, -0.25) is 4.79 Å². The molecule has 0 fully saturated rings. The van der Waals surface area contributed by atoms with E-state index in [4.69, 9.17) is 4.74 Å². The summed E-state index contributed by atoms with van der Waals surface area (Å²) < 4.78 is 5.21. The standard InChI is InChI=1S/C19H14N4O3S/c1-26-12-6-4-5-11(9-12)19-21-15(10-27-19)17(24)23-22-16-13-7-2-3-8-14(13)20-18(16)25/h2-10,20,25H,1H3. The number of nitrogens with one attached hydrogen (secondary N) is 1. The summed E-state index contributed by atoms with van der Waals surface area (Å²) in [6.45, 7) is 0. The number of fused-ring (bicyclic) bond motifs is 1. The molecule has 0 saturated heterocycles. The van der Waals surface area contributed by atoms with E-state index in [2.05, 4.69) is 20.2 Å². The number of azo groups is 1. The number of aromatic nitrogens is 2. The van der Waals surface area contributed by atoms with Gasteiger partial charge >= 0.3 is 5.91 Å². The lowest BCUT2D eigenvalue weighted by atomic mass is 10.2. The van der Waals surface area contributed by atoms with Crippen LogP contribution in [-0.4, -0.2) is 28.1 Å². The zero-order valence-electron chi connectivity index (χ0n) is 14.2. The van der Waals surface area contributed by atoms with Crippen molar-refractivity contribution in [3.8, 4) is 22.2 Å². The second kappa shape index (κ2) is 7.00. The number of aromatic amines is 1. The summed E-state index contributed by atoms with van der Waals surface area (Å²) in [5.41, 5.74) is 1.98. The SMILES string of the molecule is COc1cccc(-c2nc(C(=O)N=Nc3c(O)[nH]c4ccccc34)cs2)c1. The third-order valence-corrected chi connectivity index (χ3v) is 4.83. The Morgan fingerprint density at radius 2 is 2.07 bits per heavy atom. The second-order valence-electron chi connectivity index (χ2n) is 5.64. The molecule has 1 amide bonds. The molecule has 0 spiro atoms. The van der Waals surface area contributed by atoms with Gasteiger partial charge < -0.3 is 14.8 Å². The number of hydrogen-bond acceptors (Lipinski definition) is 6. The summed E-state index contributed by atoms with van der Waals surface area (Å²) in [6.07, 6.45) is 0. The number of carbonyl (C=O) groups excluding carboxylic acids is 1. The highest BCUT2D eigenvalue weighted by Crippen LogP contribution is 2.35. The fraction of sp³-hybridized carbons (Fsp3) is 0.0526. The molecule has 0 atom stereocenters. The predicted molar refractivity (Wildman–Crippen MR) is 103 cm³/mol. The predicted octanol–water partition coefficient (Wildman–Crippen LogP) is 4.93. The molecule has 0 aliphatic carbocycles. The molecule has 4 aromatic rings. The third-order valence-electron chi connectivity index (χ3n) is 3.94. The summed E-state index contributed by atoms with van der Waals surface area (Å²) in [4.78, 5) is 19.4. The van der Waals surface area contributed by atoms with E-state index >= 15 is 0 Å². The molecule has 27 heavy (non-hydrogen) atoms. The summed E-state index contributed by atoms with van der Waals surface area (Å²) in [5, 5.41) is 20.6. The van der Waals surface area contributed by atoms with Gasteiger partial charge in [-0.25, -0.2) is 4.98 Å². The van der Waals surface area contributed by atoms with Crippen LogP contribution in [0.15, 0.2) is 64.1 Å². The minimum Gasteiger partial charge on any atom is -0.497 e. The number of aromatic hydroxyl groups is 1. The zero-order chi connectivity index (χ0) is 18.8. The summed E-state index contributed by atoms with van der Waals surface area (Å²) in [7, 11) is 1.59. The minimum absolute atomic E-state index is 0.136. The van der Waals surface area contributed by atoms with Crippen LogP contribution in [-0.2, 0) is 0 Å². The topological polar surface area (TPSA) is 99.9 Å². The summed E-state index contributed by atoms with van der Waals surface area (Å²) in [5.74, 6) is -0.00162. The first kappa shape index (κ1) is 16.9. The normalized spacial score (nSPS) is 11.3. The van der Waals surface area contributed by atoms with Crippen LogP contribution in [0.4, 0.5) is 5.69 Å². The molecule has 0 saturated carbocycles. The Hall–Kier alpha value is -3.52. The van der Waals surface area contributed by atoms with Crippen LogP contribution in [0.5, 0.6) is 11.6 Å². The molecular weight excluding hydrogens is 364 g/mol. The van der Waals surface area contributed by atoms with Crippen LogP contribution in [0.2, 0.25) is 0 Å². The van der Waals surface area contributed by atoms with Crippen LogP contribution in [0.1, 0.15) is 10.5 Å². The maximum Gasteiger partial charge on any atom is 0.314 e. The van der Waals surface area contributed by atoms with Crippen molar-refractivity contribution < 1.29 is 14.6 Å². The van der Waals surface area contributed by atoms with E-state index in [9.17, 15) is 9.90 Å². The van der Waals surface area contributed by atoms with Gasteiger partial charge in [-0.15, -0.1) is 21.6 Å². The van der Waals surface area contributed by atoms with Crippen LogP contribution < -0.4 is 4.74 Å². The molecule has 2 N–H and O–H groups in total. The number of para-hydroxylation sites is 1. The Labute approximate surface area is 158 Å². The van der Waals surface area contributed by atoms with Crippen molar-refractivity contribution in [2.75, 3.05) is 7.11 Å². The second-order valence-corrected chi connectivity index (χ2v) is 6.50. The fourth-order valence-corrected chi connectivity index (χ4v) is 3.41. The van der Waals surface area contributed by atoms with Gasteiger partial charge in [-0.05, 0) is 18.2 Å². The van der Waals surface area contributed by atoms with Gasteiger partial charge in [0, 0.05) is 16.3 Å². The van der Waals surface area contributed by atoms with Crippen molar-refractivity contribution >= 4 is 33.8 Å². The number of thiazole rings is 1. The van der Waals surface area contributed by atoms with Gasteiger partial charge in [-0.2, -0.15) is 0 Å². The number of rotatable bonds is 4. The number of nitrogens with zero attached hydrogens (tertiary/aromatic N) is 3. The molecule has 0 unspecified atom stereocenters. The molecule has 2 aromatic heterocycles. The highest BCUT2D eigenvalue weighted by Gasteiger charge is 2.14. The lowest BCUT2D eigenvalue weighted by Gasteiger charge is -2.00. The molecule has 2 heterocycles. The number of amides is 1. The van der Waals surface area contributed by atoms with Crippen molar-refractivity contribution in [1.82, 2.24) is 9.97 Å². The number of hydrogen-bond donors (Lipinski definition) is 2. The van der Waals surface area contributed by atoms with Crippen molar-refractivity contribution in [3.05, 3.63) is 59.6 Å². The first-order valence-electron chi connectivity index (χ1n) is 8.01. The van der Waals surface area contributed by atoms with E-state index in [1.807, 2.05) is 36.4 Å². The van der Waals surface area contributed by atoms with Crippen molar-refractivity contribution in [3.63, 3.8) is 0 Å². The lowest BCUT2D eigenvalue weighted by molar-refractivity contribution is 0.0991. The largest absolute Gasteiger partial charge is 0.497 e. The maximum absolute atomic E-state index is 12.3. The van der Waals surface area contributed by atoms with Crippen molar-refractivity contribution in [1.29, 1.82) is 0 Å². The van der Waals surface area contributed by atoms with E-state index in [1.54, 1.807) is 24.6 Å². The molecular formula is C19H14N4O3S. The van der Waals surface area contributed by atoms with Crippen LogP contribution in [0, 0.1) is 0 Å². The number of benzene rings is 2. The number of carbonyl (C=O) groups is 1. The van der Waals surface area contributed by atoms with Crippen LogP contribution in [0.25, 0.3) is 21.5 Å². The first-order chi connectivity index (χ1) is 13.2. The Morgan fingerprint density at radius 1 is 1.22 bits per heavy atom. The molecule has 0 bridgehead atoms. The average molecular weight is 378 g/mol. The average Bonchev–Trinajstić information content (AvgIpc) is 3.31. The molecule has 7 nitrogen and oxygen atoms in total. The quantitative estimate of drug-likeness (QED) is 0.492. The minimum atomic E-state index is -0.579. The van der Waals surface area contributed by atoms with Gasteiger partial charge in [0.15, 0.2) is 5.69 Å². The monoisotopic (exact) mass is 378 g/mol. The summed E-state index contributed by atoms with van der Waals surface area (Å²) >= 11 is 1.33. The van der Waals surface area contributed by atoms with Gasteiger partial charge in [0.1, 0.15) is 16.5 Å². The molecule has 8 heteroatoms. The molecule has 0 radical (unpaired) electrons. The Morgan fingerprint density at radius 3 is 2.93 bits per heavy atom. The third kappa shape index (κ3) is 3.30. The summed E-state index contributed by atoms with van der Waals surface area (Å²) in [6, 6.07) is 14.7.